The molecule has 1 aliphatic heterocycles. The second-order valence-electron chi connectivity index (χ2n) is 2.17. The molecule has 52 valence electrons. The van der Waals surface area contributed by atoms with E-state index < -0.39 is 0 Å². The summed E-state index contributed by atoms with van der Waals surface area (Å²) in [5, 5.41) is 3.03. The van der Waals surface area contributed by atoms with Gasteiger partial charge in [0.2, 0.25) is 0 Å². The van der Waals surface area contributed by atoms with E-state index in [1.807, 2.05) is 17.0 Å². The van der Waals surface area contributed by atoms with E-state index in [-0.39, 0.29) is 0 Å². The Kier molecular flexibility index (Phi) is 0.943. The first-order chi connectivity index (χ1) is 4.88. The zero-order chi connectivity index (χ0) is 6.97. The maximum atomic E-state index is 5.58. The van der Waals surface area contributed by atoms with Gasteiger partial charge in [-0.3, -0.25) is 4.57 Å². The summed E-state index contributed by atoms with van der Waals surface area (Å²) in [7, 11) is 0. The molecule has 1 aromatic rings. The van der Waals surface area contributed by atoms with Gasteiger partial charge in [0, 0.05) is 12.4 Å². The molecule has 0 saturated carbocycles. The number of nitrogens with one attached hydrogen (secondary N) is 1. The number of nitrogens with two attached hydrogens (primary N) is 1. The molecule has 0 radical (unpaired) electrons. The Balaban J connectivity index is 2.57. The van der Waals surface area contributed by atoms with Crippen LogP contribution in [0.5, 0.6) is 0 Å². The fourth-order valence-corrected chi connectivity index (χ4v) is 0.994. The highest BCUT2D eigenvalue weighted by Crippen LogP contribution is 2.09. The lowest BCUT2D eigenvalue weighted by Crippen LogP contribution is -2.15. The van der Waals surface area contributed by atoms with Gasteiger partial charge in [-0.2, -0.15) is 0 Å². The van der Waals surface area contributed by atoms with Crippen LogP contribution in [-0.4, -0.2) is 9.55 Å². The van der Waals surface area contributed by atoms with Crippen molar-refractivity contribution < 1.29 is 0 Å². The number of hydrogen-bond acceptors (Lipinski definition) is 3. The molecular formula is C6H8N4. The minimum atomic E-state index is 0.688. The highest BCUT2D eigenvalue weighted by molar-refractivity contribution is 5.41. The maximum absolute atomic E-state index is 5.58. The quantitative estimate of drug-likeness (QED) is 0.527. The van der Waals surface area contributed by atoms with Gasteiger partial charge in [0.25, 0.3) is 0 Å². The molecule has 0 aliphatic carbocycles. The minimum Gasteiger partial charge on any atom is -0.383 e. The standard InChI is InChI=1S/C6H8N4/c7-5-3-9-6-4-8-1-2-10(5)6/h1-3,8H,4,7H2. The Labute approximate surface area is 58.4 Å². The van der Waals surface area contributed by atoms with Crippen molar-refractivity contribution in [3.8, 4) is 0 Å². The van der Waals surface area contributed by atoms with Crippen LogP contribution in [0.4, 0.5) is 5.82 Å². The van der Waals surface area contributed by atoms with E-state index >= 15 is 0 Å². The van der Waals surface area contributed by atoms with Crippen LogP contribution < -0.4 is 11.1 Å². The molecule has 0 unspecified atom stereocenters. The lowest BCUT2D eigenvalue weighted by atomic mass is 10.5. The average molecular weight is 136 g/mol. The Hall–Kier alpha value is -1.45. The van der Waals surface area contributed by atoms with Gasteiger partial charge in [-0.1, -0.05) is 0 Å². The fraction of sp³-hybridized carbons (Fsp3) is 0.167. The molecule has 3 N–H and O–H groups in total. The Morgan fingerprint density at radius 3 is 3.40 bits per heavy atom. The van der Waals surface area contributed by atoms with E-state index in [1.54, 1.807) is 6.20 Å². The molecule has 4 heteroatoms. The number of anilines is 1. The molecule has 10 heavy (non-hydrogen) atoms. The maximum Gasteiger partial charge on any atom is 0.133 e. The lowest BCUT2D eigenvalue weighted by Gasteiger charge is -2.08. The largest absolute Gasteiger partial charge is 0.383 e. The van der Waals surface area contributed by atoms with Gasteiger partial charge in [-0.25, -0.2) is 4.98 Å². The third-order valence-corrected chi connectivity index (χ3v) is 1.50. The molecule has 1 aromatic heterocycles. The van der Waals surface area contributed by atoms with Crippen molar-refractivity contribution in [2.75, 3.05) is 5.73 Å². The van der Waals surface area contributed by atoms with Gasteiger partial charge in [-0.15, -0.1) is 0 Å². The van der Waals surface area contributed by atoms with Crippen molar-refractivity contribution >= 4 is 12.0 Å². The van der Waals surface area contributed by atoms with Crippen LogP contribution in [-0.2, 0) is 6.54 Å². The van der Waals surface area contributed by atoms with Crippen LogP contribution in [0.1, 0.15) is 5.82 Å². The first kappa shape index (κ1) is 5.34. The highest BCUT2D eigenvalue weighted by Gasteiger charge is 2.05. The summed E-state index contributed by atoms with van der Waals surface area (Å²) >= 11 is 0. The molecule has 2 heterocycles. The molecule has 0 amide bonds. The SMILES string of the molecule is Nc1cnc2n1C=CNC2. The van der Waals surface area contributed by atoms with Gasteiger partial charge < -0.3 is 11.1 Å². The number of aromatic nitrogens is 2. The average Bonchev–Trinajstić information content (AvgIpc) is 2.34. The van der Waals surface area contributed by atoms with Gasteiger partial charge in [0.05, 0.1) is 12.7 Å². The summed E-state index contributed by atoms with van der Waals surface area (Å²) in [6, 6.07) is 0. The van der Waals surface area contributed by atoms with Crippen LogP contribution >= 0.6 is 0 Å². The molecule has 0 bridgehead atoms. The smallest absolute Gasteiger partial charge is 0.133 e. The molecule has 0 fully saturated rings. The summed E-state index contributed by atoms with van der Waals surface area (Å²) in [5.74, 6) is 1.65. The van der Waals surface area contributed by atoms with Gasteiger partial charge >= 0.3 is 0 Å². The van der Waals surface area contributed by atoms with Crippen molar-refractivity contribution in [1.29, 1.82) is 0 Å². The zero-order valence-corrected chi connectivity index (χ0v) is 5.41. The van der Waals surface area contributed by atoms with Crippen LogP contribution in [0.25, 0.3) is 6.20 Å². The molecule has 0 saturated heterocycles. The molecule has 2 rings (SSSR count). The molecule has 4 nitrogen and oxygen atoms in total. The number of imidazole rings is 1. The Morgan fingerprint density at radius 1 is 1.70 bits per heavy atom. The monoisotopic (exact) mass is 136 g/mol. The predicted octanol–water partition coefficient (Wildman–Crippen LogP) is -0.00330. The fourth-order valence-electron chi connectivity index (χ4n) is 0.994. The minimum absolute atomic E-state index is 0.688. The normalized spacial score (nSPS) is 14.4. The van der Waals surface area contributed by atoms with E-state index in [1.165, 1.54) is 0 Å². The topological polar surface area (TPSA) is 55.9 Å². The van der Waals surface area contributed by atoms with E-state index in [0.717, 1.165) is 12.4 Å². The summed E-state index contributed by atoms with van der Waals surface area (Å²) in [4.78, 5) is 4.08. The molecule has 0 spiro atoms. The highest BCUT2D eigenvalue weighted by atomic mass is 15.2. The summed E-state index contributed by atoms with van der Waals surface area (Å²) < 4.78 is 1.86. The van der Waals surface area contributed by atoms with Gasteiger partial charge in [0.15, 0.2) is 0 Å². The molecule has 0 aromatic carbocycles. The van der Waals surface area contributed by atoms with Crippen molar-refractivity contribution in [2.24, 2.45) is 0 Å². The van der Waals surface area contributed by atoms with Gasteiger partial charge in [0.1, 0.15) is 11.6 Å². The van der Waals surface area contributed by atoms with E-state index in [2.05, 4.69) is 10.3 Å². The summed E-state index contributed by atoms with van der Waals surface area (Å²) in [6.07, 6.45) is 5.37. The molecule has 0 atom stereocenters. The van der Waals surface area contributed by atoms with E-state index in [4.69, 9.17) is 5.73 Å². The number of nitrogen functional groups attached to an aromatic ring is 1. The van der Waals surface area contributed by atoms with Crippen LogP contribution in [0, 0.1) is 0 Å². The summed E-state index contributed by atoms with van der Waals surface area (Å²) in [5.41, 5.74) is 5.58. The van der Waals surface area contributed by atoms with Crippen molar-refractivity contribution in [3.05, 3.63) is 18.2 Å². The number of nitrogens with zero attached hydrogens (tertiary/aromatic N) is 2. The number of rotatable bonds is 0. The van der Waals surface area contributed by atoms with Crippen LogP contribution in [0.15, 0.2) is 12.4 Å². The third kappa shape index (κ3) is 0.586. The van der Waals surface area contributed by atoms with E-state index in [9.17, 15) is 0 Å². The van der Waals surface area contributed by atoms with Crippen molar-refractivity contribution in [2.45, 2.75) is 6.54 Å². The summed E-state index contributed by atoms with van der Waals surface area (Å²) in [6.45, 7) is 0.758. The van der Waals surface area contributed by atoms with Crippen LogP contribution in [0.2, 0.25) is 0 Å². The Morgan fingerprint density at radius 2 is 2.60 bits per heavy atom. The zero-order valence-electron chi connectivity index (χ0n) is 5.41. The first-order valence-corrected chi connectivity index (χ1v) is 3.09. The Bertz CT molecular complexity index is 273. The van der Waals surface area contributed by atoms with Crippen molar-refractivity contribution in [3.63, 3.8) is 0 Å². The first-order valence-electron chi connectivity index (χ1n) is 3.09. The number of hydrogen-bond donors (Lipinski definition) is 2. The molecular weight excluding hydrogens is 128 g/mol. The van der Waals surface area contributed by atoms with Crippen LogP contribution in [0.3, 0.4) is 0 Å². The second-order valence-corrected chi connectivity index (χ2v) is 2.17. The van der Waals surface area contributed by atoms with Crippen molar-refractivity contribution in [1.82, 2.24) is 14.9 Å². The lowest BCUT2D eigenvalue weighted by molar-refractivity contribution is 0.762. The predicted molar refractivity (Wildman–Crippen MR) is 38.8 cm³/mol. The number of fused-ring (bicyclic) bond motifs is 1. The third-order valence-electron chi connectivity index (χ3n) is 1.50. The second kappa shape index (κ2) is 1.76. The molecule has 1 aliphatic rings. The van der Waals surface area contributed by atoms with Gasteiger partial charge in [-0.05, 0) is 0 Å². The van der Waals surface area contributed by atoms with E-state index in [0.29, 0.717) is 5.82 Å².